The van der Waals surface area contributed by atoms with Gasteiger partial charge in [0.05, 0.1) is 84.8 Å². The van der Waals surface area contributed by atoms with Crippen LogP contribution in [0.3, 0.4) is 0 Å². The summed E-state index contributed by atoms with van der Waals surface area (Å²) in [4.78, 5) is 78.2. The van der Waals surface area contributed by atoms with Gasteiger partial charge < -0.3 is 289 Å². The summed E-state index contributed by atoms with van der Waals surface area (Å²) < 4.78 is 127. The number of carboxylic acids is 1. The molecule has 0 radical (unpaired) electrons. The Labute approximate surface area is 808 Å². The molecule has 64 heteroatoms. The molecule has 0 aromatic rings. The highest BCUT2D eigenvalue weighted by molar-refractivity contribution is 5.77. The van der Waals surface area contributed by atoms with Crippen molar-refractivity contribution in [3.8, 4) is 0 Å². The number of nitrogens with one attached hydrogen (secondary N) is 5. The maximum Gasteiger partial charge on any atom is 0.364 e. The Balaban J connectivity index is 1.00. The summed E-state index contributed by atoms with van der Waals surface area (Å²) >= 11 is 0. The number of aliphatic hydroxyl groups is 31. The Morgan fingerprint density at radius 3 is 1.06 bits per heavy atom. The molecular weight excluding hydrogens is 1960 g/mol. The van der Waals surface area contributed by atoms with E-state index in [4.69, 9.17) is 99.5 Å². The quantitative estimate of drug-likeness (QED) is 0.0272. The van der Waals surface area contributed by atoms with Crippen LogP contribution in [-0.2, 0) is 128 Å². The molecule has 64 nitrogen and oxygen atoms in total. The number of carbonyl (C=O) groups is 6. The van der Waals surface area contributed by atoms with Crippen LogP contribution < -0.4 is 26.6 Å². The number of carbonyl (C=O) groups excluding carboxylic acids is 5. The first-order chi connectivity index (χ1) is 67.5. The lowest BCUT2D eigenvalue weighted by Gasteiger charge is -2.52. The topological polar surface area (TPSA) is 1000 Å². The molecule has 5 amide bonds. The normalized spacial score (nSPS) is 47.8. The Bertz CT molecular complexity index is 4030. The van der Waals surface area contributed by atoms with Crippen molar-refractivity contribution in [1.82, 2.24) is 26.6 Å². The minimum atomic E-state index is -3.38. The molecule has 11 heterocycles. The van der Waals surface area contributed by atoms with Crippen molar-refractivity contribution in [1.29, 1.82) is 0 Å². The standard InChI is InChI=1S/C79H131N5O59/c1-18(94)80-35-23(99)6-79(78(121)122,142-63(35)40(101)24(100)7-85)143-65-45(106)29(12-90)129-75(57(65)118)136-60-32(15-93)132-71(39(50(60)111)84-22(5)98)141-67-53(114)44(105)28(11-89)130-77(67)140-66-58(119)76(137-61-31(14-92)131-70(38(49(61)110)83-21(4)97)135-59-30(13-91)125-68(120)36(48(59)109)81-19(2)95)134-34(62(66)138-69-37(82-20(3)96)47(108)41(102)25(8-86)126-69)17-124-73-56(117)64(139-74-55(116)52(113)43(104)27(10-88)128-74)46(107)33(133-73)16-123-72-54(115)51(112)42(103)26(9-87)127-72/h23-77,85-93,99-120H,6-17H2,1-5H3,(H,80,94)(H,81,95)(H,82,96)(H,83,97)(H,84,98)(H,121,122)/t23-,24+,25+,26+,27+,28+,29+,30+,31+,32+,33+,34+,35+,36+,37+,38+,39+,40+,41+,42+,43+,44+,45-,46+,47+,48+,49+,50+,51-,52-,53-,54-,55-,56-,57+,58-,59+,60+,61+,62+,63+,64-,65-,66+,67-,68?,69-,70-,71-,72-,73-,74+,75-,76-,77+,79-/m0/s1. The molecule has 0 aromatic heterocycles. The predicted molar refractivity (Wildman–Crippen MR) is 438 cm³/mol. The number of amides is 5. The average Bonchev–Trinajstić information content (AvgIpc) is 0.751. The fraction of sp³-hybridized carbons (Fsp3) is 0.924. The number of hydrogen-bond donors (Lipinski definition) is 37. The van der Waals surface area contributed by atoms with Gasteiger partial charge in [-0.3, -0.25) is 24.0 Å². The number of carboxylic acid groups (broad SMARTS) is 1. The van der Waals surface area contributed by atoms with E-state index in [1.165, 1.54) is 0 Å². The van der Waals surface area contributed by atoms with Gasteiger partial charge in [-0.25, -0.2) is 4.79 Å². The highest BCUT2D eigenvalue weighted by Gasteiger charge is 2.65. The molecule has 11 saturated heterocycles. The molecule has 11 fully saturated rings. The lowest BCUT2D eigenvalue weighted by Crippen LogP contribution is -2.72. The SMILES string of the molecule is CC(=O)N[C@H]1[C@H](O[C@H]2[C@H](O)[C@@H](NC(C)=O)C(O)O[C@@H]2CO)O[C@H](CO)[C@@H](O[C@@H]2O[C@H](CO[C@H]3O[C@H](CO[C@H]4O[C@H](CO)[C@@H](O)[C@H](O)[C@@H]4O)[C@@H](O)[C@H](O[C@H]4O[C@H](CO)[C@@H](O)[C@H](O)[C@@H]4O)[C@@H]3O)[C@@H](O[C@@H]3O[C@H](CO)[C@@H](O)[C@H](O)[C@H]3NC(C)=O)[C@H](O[C@H]3O[C@H](CO)[C@@H](O)[C@H](O)[C@@H]3O[C@@H]3O[C@H](CO)[C@@H](O[C@@H]4O[C@H](CO)[C@H](O)[C@H](O[C@]5(C(=O)O)C[C@H](O)[C@@H](NC(C)=O)[C@H]([C@H](O)[C@H](O)CO)O5)[C@H]4O)[C@H](O)[C@H]3NC(C)=O)[C@@H]2O)[C@@H]1O. The smallest absolute Gasteiger partial charge is 0.364 e. The average molecular weight is 2090 g/mol. The summed E-state index contributed by atoms with van der Waals surface area (Å²) in [5, 5.41) is 374. The first kappa shape index (κ1) is 118. The zero-order chi connectivity index (χ0) is 106. The highest BCUT2D eigenvalue weighted by Crippen LogP contribution is 2.44. The number of aliphatic hydroxyl groups excluding tert-OH is 31. The van der Waals surface area contributed by atoms with Crippen LogP contribution >= 0.6 is 0 Å². The summed E-state index contributed by atoms with van der Waals surface area (Å²) in [7, 11) is 0. The van der Waals surface area contributed by atoms with Gasteiger partial charge in [0.25, 0.3) is 5.79 Å². The van der Waals surface area contributed by atoms with E-state index in [1.54, 1.807) is 0 Å². The Kier molecular flexibility index (Phi) is 42.3. The Morgan fingerprint density at radius 1 is 0.287 bits per heavy atom. The maximum absolute atomic E-state index is 13.5. The zero-order valence-electron chi connectivity index (χ0n) is 76.6. The molecule has 0 bridgehead atoms. The Hall–Kier alpha value is -5.26. The molecule has 0 saturated carbocycles. The van der Waals surface area contributed by atoms with Crippen LogP contribution in [0.2, 0.25) is 0 Å². The molecule has 1 unspecified atom stereocenters. The molecule has 0 aromatic carbocycles. The van der Waals surface area contributed by atoms with Crippen LogP contribution in [0.1, 0.15) is 41.0 Å². The van der Waals surface area contributed by atoms with Gasteiger partial charge in [-0.1, -0.05) is 0 Å². The zero-order valence-corrected chi connectivity index (χ0v) is 76.6. The lowest BCUT2D eigenvalue weighted by atomic mass is 9.88. The first-order valence-electron chi connectivity index (χ1n) is 45.3. The van der Waals surface area contributed by atoms with E-state index < -0.39 is 458 Å². The molecule has 143 heavy (non-hydrogen) atoms. The minimum Gasteiger partial charge on any atom is -0.477 e. The van der Waals surface area contributed by atoms with Crippen molar-refractivity contribution in [2.24, 2.45) is 0 Å². The monoisotopic (exact) mass is 2090 g/mol. The molecule has 11 rings (SSSR count). The van der Waals surface area contributed by atoms with Crippen LogP contribution in [0.4, 0.5) is 0 Å². The van der Waals surface area contributed by atoms with E-state index in [0.29, 0.717) is 0 Å². The number of rotatable bonds is 39. The molecule has 11 aliphatic heterocycles. The maximum atomic E-state index is 13.5. The van der Waals surface area contributed by atoms with E-state index >= 15 is 0 Å². The third-order valence-electron chi connectivity index (χ3n) is 25.9. The second-order valence-corrected chi connectivity index (χ2v) is 36.0. The van der Waals surface area contributed by atoms with Gasteiger partial charge in [-0.2, -0.15) is 0 Å². The van der Waals surface area contributed by atoms with E-state index in [2.05, 4.69) is 26.6 Å². The van der Waals surface area contributed by atoms with Crippen molar-refractivity contribution >= 4 is 35.5 Å². The molecule has 56 atom stereocenters. The summed E-state index contributed by atoms with van der Waals surface area (Å²) in [6.07, 6.45) is -116. The van der Waals surface area contributed by atoms with Gasteiger partial charge in [-0.15, -0.1) is 0 Å². The Morgan fingerprint density at radius 2 is 0.594 bits per heavy atom. The van der Waals surface area contributed by atoms with Crippen molar-refractivity contribution in [3.63, 3.8) is 0 Å². The lowest BCUT2D eigenvalue weighted by molar-refractivity contribution is -0.409. The summed E-state index contributed by atoms with van der Waals surface area (Å²) in [5.41, 5.74) is 0. The summed E-state index contributed by atoms with van der Waals surface area (Å²) in [5.74, 6) is -10.6. The molecular formula is C79H131N5O59. The van der Waals surface area contributed by atoms with Gasteiger partial charge in [0, 0.05) is 41.0 Å². The van der Waals surface area contributed by atoms with Crippen molar-refractivity contribution in [2.45, 2.75) is 384 Å². The first-order valence-corrected chi connectivity index (χ1v) is 45.3. The van der Waals surface area contributed by atoms with Crippen LogP contribution in [0, 0.1) is 0 Å². The number of aliphatic carboxylic acids is 1. The fourth-order valence-corrected chi connectivity index (χ4v) is 18.4. The summed E-state index contributed by atoms with van der Waals surface area (Å²) in [6, 6.07) is -10.0. The molecule has 826 valence electrons. The van der Waals surface area contributed by atoms with E-state index in [0.717, 1.165) is 34.6 Å². The van der Waals surface area contributed by atoms with E-state index in [-0.39, 0.29) is 0 Å². The van der Waals surface area contributed by atoms with E-state index in [9.17, 15) is 192 Å². The summed E-state index contributed by atoms with van der Waals surface area (Å²) in [6.45, 7) is -9.21. The van der Waals surface area contributed by atoms with Crippen molar-refractivity contribution in [3.05, 3.63) is 0 Å². The molecule has 11 aliphatic rings. The molecule has 0 spiro atoms. The third kappa shape index (κ3) is 26.2. The van der Waals surface area contributed by atoms with Gasteiger partial charge >= 0.3 is 5.97 Å². The van der Waals surface area contributed by atoms with E-state index in [1.807, 2.05) is 0 Å². The second kappa shape index (κ2) is 51.2. The van der Waals surface area contributed by atoms with Gasteiger partial charge in [-0.05, 0) is 0 Å². The van der Waals surface area contributed by atoms with Crippen molar-refractivity contribution in [2.75, 3.05) is 72.7 Å². The van der Waals surface area contributed by atoms with Crippen LogP contribution in [0.5, 0.6) is 0 Å². The van der Waals surface area contributed by atoms with Gasteiger partial charge in [0.15, 0.2) is 62.9 Å². The largest absolute Gasteiger partial charge is 0.477 e. The number of hydrogen-bond acceptors (Lipinski definition) is 58. The van der Waals surface area contributed by atoms with Gasteiger partial charge in [0.1, 0.15) is 262 Å². The molecule has 0 aliphatic carbocycles. The van der Waals surface area contributed by atoms with Crippen LogP contribution in [0.15, 0.2) is 0 Å². The van der Waals surface area contributed by atoms with Crippen LogP contribution in [-0.4, -0.2) is 615 Å². The number of ether oxygens (including phenoxy) is 21. The molecule has 37 N–H and O–H groups in total. The van der Waals surface area contributed by atoms with Gasteiger partial charge in [0.2, 0.25) is 29.5 Å². The fourth-order valence-electron chi connectivity index (χ4n) is 18.4. The highest BCUT2D eigenvalue weighted by atomic mass is 16.8. The minimum absolute atomic E-state index is 0.814. The predicted octanol–water partition coefficient (Wildman–Crippen LogP) is -25.1. The van der Waals surface area contributed by atoms with Crippen LogP contribution in [0.25, 0.3) is 0 Å². The third-order valence-corrected chi connectivity index (χ3v) is 25.9. The second-order valence-electron chi connectivity index (χ2n) is 36.0. The van der Waals surface area contributed by atoms with Crippen molar-refractivity contribution < 1.29 is 292 Å².